The molecule has 0 saturated heterocycles. The molecule has 0 fully saturated rings. The quantitative estimate of drug-likeness (QED) is 0.171. The van der Waals surface area contributed by atoms with Gasteiger partial charge in [-0.15, -0.1) is 0 Å². The summed E-state index contributed by atoms with van der Waals surface area (Å²) in [7, 11) is 0. The maximum Gasteiger partial charge on any atom is 0.0619 e. The average Bonchev–Trinajstić information content (AvgIpc) is 3.78. The third-order valence-electron chi connectivity index (χ3n) is 11.1. The molecule has 11 rings (SSSR count). The number of hydrogen-bond acceptors (Lipinski definition) is 0. The fraction of sp³-hybridized carbons (Fsp3) is 0. The maximum atomic E-state index is 2.46. The molecule has 0 bridgehead atoms. The fourth-order valence-electron chi connectivity index (χ4n) is 8.64. The smallest absolute Gasteiger partial charge is 0.0619 e. The van der Waals surface area contributed by atoms with Crippen LogP contribution in [0.4, 0.5) is 0 Å². The summed E-state index contributed by atoms with van der Waals surface area (Å²) in [6, 6.07) is 75.1. The van der Waals surface area contributed by atoms with Crippen LogP contribution >= 0.6 is 0 Å². The Morgan fingerprint density at radius 3 is 1.39 bits per heavy atom. The van der Waals surface area contributed by atoms with E-state index < -0.39 is 0 Å². The summed E-state index contributed by atoms with van der Waals surface area (Å²) in [4.78, 5) is 0. The number of fused-ring (bicyclic) bond motifs is 9. The Morgan fingerprint density at radius 2 is 0.741 bits per heavy atom. The molecule has 0 spiro atoms. The van der Waals surface area contributed by atoms with E-state index in [9.17, 15) is 0 Å². The summed E-state index contributed by atoms with van der Waals surface area (Å²) < 4.78 is 4.90. The van der Waals surface area contributed by atoms with Gasteiger partial charge in [-0.3, -0.25) is 0 Å². The maximum absolute atomic E-state index is 2.46. The monoisotopic (exact) mass is 686 g/mol. The van der Waals surface area contributed by atoms with E-state index >= 15 is 0 Å². The van der Waals surface area contributed by atoms with Crippen LogP contribution in [-0.4, -0.2) is 9.13 Å². The second-order valence-corrected chi connectivity index (χ2v) is 14.1. The highest BCUT2D eigenvalue weighted by Crippen LogP contribution is 2.44. The third-order valence-corrected chi connectivity index (χ3v) is 11.1. The third kappa shape index (κ3) is 4.74. The van der Waals surface area contributed by atoms with E-state index in [1.54, 1.807) is 0 Å². The van der Waals surface area contributed by atoms with E-state index in [1.165, 1.54) is 93.5 Å². The molecule has 0 aliphatic rings. The van der Waals surface area contributed by atoms with Crippen molar-refractivity contribution in [2.45, 2.75) is 0 Å². The van der Waals surface area contributed by atoms with Crippen LogP contribution in [0, 0.1) is 0 Å². The highest BCUT2D eigenvalue weighted by atomic mass is 15.0. The molecule has 2 aromatic heterocycles. The number of para-hydroxylation sites is 2. The lowest BCUT2D eigenvalue weighted by atomic mass is 9.93. The normalized spacial score (nSPS) is 11.7. The summed E-state index contributed by atoms with van der Waals surface area (Å²) >= 11 is 0. The summed E-state index contributed by atoms with van der Waals surface area (Å²) in [5.74, 6) is 0. The SMILES string of the molecule is c1ccc(-c2cc(-c3ccccc3)cc(-c3ccc(-n4c5ccccc5c5c6c7ccc8ccccc8c7n(-c7ccccc7)c6ccc54)cc3)c2)cc1. The first-order valence-corrected chi connectivity index (χ1v) is 18.6. The molecule has 0 saturated carbocycles. The van der Waals surface area contributed by atoms with Crippen molar-refractivity contribution in [3.8, 4) is 44.8 Å². The molecular formula is C52H34N2. The van der Waals surface area contributed by atoms with Crippen molar-refractivity contribution in [1.82, 2.24) is 9.13 Å². The zero-order chi connectivity index (χ0) is 35.6. The van der Waals surface area contributed by atoms with Crippen LogP contribution in [0.1, 0.15) is 0 Å². The average molecular weight is 687 g/mol. The van der Waals surface area contributed by atoms with Gasteiger partial charge >= 0.3 is 0 Å². The standard InChI is InChI=1S/C52H34N2/c1-4-14-35(15-5-1)39-32-40(36-16-6-2-7-17-36)34-41(33-39)37-24-27-43(28-25-37)53-47-23-13-12-22-45(47)50-48(53)30-31-49-51(50)46-29-26-38-18-10-11-21-44(38)52(46)54(49)42-19-8-3-9-20-42/h1-34H. The van der Waals surface area contributed by atoms with Crippen LogP contribution in [0.3, 0.4) is 0 Å². The van der Waals surface area contributed by atoms with Gasteiger partial charge < -0.3 is 9.13 Å². The predicted octanol–water partition coefficient (Wildman–Crippen LogP) is 14.0. The largest absolute Gasteiger partial charge is 0.309 e. The predicted molar refractivity (Wildman–Crippen MR) is 229 cm³/mol. The van der Waals surface area contributed by atoms with Crippen molar-refractivity contribution in [2.75, 3.05) is 0 Å². The first kappa shape index (κ1) is 30.5. The molecule has 2 heterocycles. The van der Waals surface area contributed by atoms with Crippen molar-refractivity contribution in [2.24, 2.45) is 0 Å². The van der Waals surface area contributed by atoms with Gasteiger partial charge in [0.25, 0.3) is 0 Å². The number of benzene rings is 9. The first-order valence-electron chi connectivity index (χ1n) is 18.6. The minimum absolute atomic E-state index is 1.14. The van der Waals surface area contributed by atoms with E-state index in [2.05, 4.69) is 215 Å². The van der Waals surface area contributed by atoms with Crippen LogP contribution < -0.4 is 0 Å². The molecule has 252 valence electrons. The number of nitrogens with zero attached hydrogens (tertiary/aromatic N) is 2. The van der Waals surface area contributed by atoms with Gasteiger partial charge in [0.1, 0.15) is 0 Å². The van der Waals surface area contributed by atoms with Crippen LogP contribution in [0.2, 0.25) is 0 Å². The molecule has 0 unspecified atom stereocenters. The van der Waals surface area contributed by atoms with Gasteiger partial charge in [0.15, 0.2) is 0 Å². The van der Waals surface area contributed by atoms with E-state index in [0.29, 0.717) is 0 Å². The van der Waals surface area contributed by atoms with Crippen LogP contribution in [-0.2, 0) is 0 Å². The van der Waals surface area contributed by atoms with Gasteiger partial charge in [-0.1, -0.05) is 146 Å². The Bertz CT molecular complexity index is 3110. The van der Waals surface area contributed by atoms with Crippen molar-refractivity contribution < 1.29 is 0 Å². The Balaban J connectivity index is 1.13. The lowest BCUT2D eigenvalue weighted by Gasteiger charge is -2.13. The minimum Gasteiger partial charge on any atom is -0.309 e. The zero-order valence-corrected chi connectivity index (χ0v) is 29.5. The molecule has 2 nitrogen and oxygen atoms in total. The molecule has 9 aromatic carbocycles. The summed E-state index contributed by atoms with van der Waals surface area (Å²) in [6.07, 6.45) is 0. The molecule has 2 heteroatoms. The summed E-state index contributed by atoms with van der Waals surface area (Å²) in [6.45, 7) is 0. The van der Waals surface area contributed by atoms with Gasteiger partial charge in [-0.25, -0.2) is 0 Å². The summed E-state index contributed by atoms with van der Waals surface area (Å²) in [5.41, 5.74) is 14.4. The van der Waals surface area contributed by atoms with E-state index in [4.69, 9.17) is 0 Å². The van der Waals surface area contributed by atoms with Gasteiger partial charge in [0, 0.05) is 38.3 Å². The highest BCUT2D eigenvalue weighted by Gasteiger charge is 2.21. The lowest BCUT2D eigenvalue weighted by molar-refractivity contribution is 1.17. The van der Waals surface area contributed by atoms with Gasteiger partial charge in [0.2, 0.25) is 0 Å². The fourth-order valence-corrected chi connectivity index (χ4v) is 8.64. The molecule has 0 atom stereocenters. The number of hydrogen-bond donors (Lipinski definition) is 0. The van der Waals surface area contributed by atoms with Crippen LogP contribution in [0.5, 0.6) is 0 Å². The highest BCUT2D eigenvalue weighted by molar-refractivity contribution is 6.31. The molecule has 0 aliphatic carbocycles. The molecule has 0 amide bonds. The van der Waals surface area contributed by atoms with Crippen molar-refractivity contribution in [1.29, 1.82) is 0 Å². The van der Waals surface area contributed by atoms with Gasteiger partial charge in [0.05, 0.1) is 22.1 Å². The lowest BCUT2D eigenvalue weighted by Crippen LogP contribution is -1.95. The van der Waals surface area contributed by atoms with E-state index in [1.807, 2.05) is 0 Å². The van der Waals surface area contributed by atoms with Crippen molar-refractivity contribution in [3.63, 3.8) is 0 Å². The minimum atomic E-state index is 1.14. The first-order chi connectivity index (χ1) is 26.8. The molecule has 0 N–H and O–H groups in total. The second-order valence-electron chi connectivity index (χ2n) is 14.1. The second kappa shape index (κ2) is 12.2. The molecule has 11 aromatic rings. The zero-order valence-electron chi connectivity index (χ0n) is 29.5. The number of rotatable bonds is 5. The van der Waals surface area contributed by atoms with E-state index in [-0.39, 0.29) is 0 Å². The van der Waals surface area contributed by atoms with Gasteiger partial charge in [-0.2, -0.15) is 0 Å². The van der Waals surface area contributed by atoms with E-state index in [0.717, 1.165) is 5.69 Å². The van der Waals surface area contributed by atoms with Crippen molar-refractivity contribution >= 4 is 54.4 Å². The Hall–Kier alpha value is -7.16. The van der Waals surface area contributed by atoms with Gasteiger partial charge in [-0.05, 0) is 99.4 Å². The summed E-state index contributed by atoms with van der Waals surface area (Å²) in [5, 5.41) is 7.60. The van der Waals surface area contributed by atoms with Crippen LogP contribution in [0.25, 0.3) is 99.1 Å². The van der Waals surface area contributed by atoms with Crippen molar-refractivity contribution in [3.05, 3.63) is 206 Å². The number of aromatic nitrogens is 2. The Kier molecular flexibility index (Phi) is 6.90. The molecule has 54 heavy (non-hydrogen) atoms. The topological polar surface area (TPSA) is 9.86 Å². The molecule has 0 aliphatic heterocycles. The molecule has 0 radical (unpaired) electrons. The Morgan fingerprint density at radius 1 is 0.259 bits per heavy atom. The Labute approximate surface area is 313 Å². The molecular weight excluding hydrogens is 653 g/mol. The van der Waals surface area contributed by atoms with Crippen LogP contribution in [0.15, 0.2) is 206 Å².